The van der Waals surface area contributed by atoms with E-state index in [1.54, 1.807) is 22.8 Å². The average Bonchev–Trinajstić information content (AvgIpc) is 3.09. The van der Waals surface area contributed by atoms with Gasteiger partial charge in [-0.25, -0.2) is 4.79 Å². The van der Waals surface area contributed by atoms with Crippen molar-refractivity contribution in [3.05, 3.63) is 23.2 Å². The zero-order valence-electron chi connectivity index (χ0n) is 14.4. The van der Waals surface area contributed by atoms with E-state index in [9.17, 15) is 9.59 Å². The number of rotatable bonds is 4. The van der Waals surface area contributed by atoms with Crippen molar-refractivity contribution >= 4 is 33.4 Å². The second kappa shape index (κ2) is 6.97. The Morgan fingerprint density at radius 3 is 2.67 bits per heavy atom. The van der Waals surface area contributed by atoms with Gasteiger partial charge in [0.2, 0.25) is 5.91 Å². The number of nitrogens with zero attached hydrogens (tertiary/aromatic N) is 2. The monoisotopic (exact) mass is 348 g/mol. The van der Waals surface area contributed by atoms with E-state index < -0.39 is 0 Å². The molecule has 3 rings (SSSR count). The number of esters is 1. The number of aromatic nitrogens is 1. The average molecular weight is 348 g/mol. The molecule has 2 atom stereocenters. The van der Waals surface area contributed by atoms with Gasteiger partial charge in [0.25, 0.3) is 0 Å². The predicted octanol–water partition coefficient (Wildman–Crippen LogP) is 3.38. The van der Waals surface area contributed by atoms with Gasteiger partial charge in [0.1, 0.15) is 12.2 Å². The number of thiophene rings is 1. The largest absolute Gasteiger partial charge is 0.461 e. The van der Waals surface area contributed by atoms with Crippen LogP contribution in [0.5, 0.6) is 0 Å². The number of piperidine rings is 1. The molecular weight excluding hydrogens is 324 g/mol. The molecule has 0 spiro atoms. The zero-order valence-corrected chi connectivity index (χ0v) is 15.3. The maximum absolute atomic E-state index is 12.8. The van der Waals surface area contributed by atoms with Gasteiger partial charge in [0, 0.05) is 13.1 Å². The maximum atomic E-state index is 12.8. The molecule has 0 aliphatic carbocycles. The highest BCUT2D eigenvalue weighted by Gasteiger charge is 2.27. The van der Waals surface area contributed by atoms with Crippen LogP contribution in [0.2, 0.25) is 0 Å². The van der Waals surface area contributed by atoms with Crippen LogP contribution in [0.1, 0.15) is 37.7 Å². The number of likely N-dealkylation sites (tertiary alicyclic amines) is 1. The second-order valence-electron chi connectivity index (χ2n) is 6.75. The molecule has 2 aromatic rings. The summed E-state index contributed by atoms with van der Waals surface area (Å²) in [7, 11) is 0. The summed E-state index contributed by atoms with van der Waals surface area (Å²) in [5.74, 6) is 0.748. The second-order valence-corrected chi connectivity index (χ2v) is 7.70. The SMILES string of the molecule is CCOC(=O)c1cc2sccc2n1CC(=O)N1C[C@@H](C)C[C@H](C)C1. The number of fused-ring (bicyclic) bond motifs is 1. The molecule has 0 aromatic carbocycles. The molecule has 1 saturated heterocycles. The number of ether oxygens (including phenoxy) is 1. The first-order valence-electron chi connectivity index (χ1n) is 8.51. The molecular formula is C18H24N2O3S. The molecule has 0 unspecified atom stereocenters. The summed E-state index contributed by atoms with van der Waals surface area (Å²) in [6.45, 7) is 8.27. The van der Waals surface area contributed by atoms with Crippen molar-refractivity contribution in [2.75, 3.05) is 19.7 Å². The third-order valence-corrected chi connectivity index (χ3v) is 5.38. The van der Waals surface area contributed by atoms with Gasteiger partial charge in [-0.2, -0.15) is 0 Å². The van der Waals surface area contributed by atoms with Gasteiger partial charge in [0.15, 0.2) is 0 Å². The van der Waals surface area contributed by atoms with Crippen molar-refractivity contribution in [3.8, 4) is 0 Å². The van der Waals surface area contributed by atoms with E-state index in [0.717, 1.165) is 29.7 Å². The lowest BCUT2D eigenvalue weighted by atomic mass is 9.92. The summed E-state index contributed by atoms with van der Waals surface area (Å²) < 4.78 is 7.96. The Bertz CT molecular complexity index is 739. The molecule has 2 aromatic heterocycles. The quantitative estimate of drug-likeness (QED) is 0.796. The van der Waals surface area contributed by atoms with Crippen LogP contribution in [0.15, 0.2) is 17.5 Å². The molecule has 1 amide bonds. The normalized spacial score (nSPS) is 21.2. The smallest absolute Gasteiger partial charge is 0.355 e. The number of carbonyl (C=O) groups is 2. The predicted molar refractivity (Wildman–Crippen MR) is 95.3 cm³/mol. The van der Waals surface area contributed by atoms with E-state index >= 15 is 0 Å². The molecule has 0 N–H and O–H groups in total. The fourth-order valence-electron chi connectivity index (χ4n) is 3.62. The van der Waals surface area contributed by atoms with Crippen molar-refractivity contribution in [1.82, 2.24) is 9.47 Å². The molecule has 130 valence electrons. The van der Waals surface area contributed by atoms with Gasteiger partial charge >= 0.3 is 5.97 Å². The van der Waals surface area contributed by atoms with Crippen molar-refractivity contribution in [2.45, 2.75) is 33.7 Å². The summed E-state index contributed by atoms with van der Waals surface area (Å²) in [6.07, 6.45) is 1.16. The van der Waals surface area contributed by atoms with Crippen LogP contribution in [0.4, 0.5) is 0 Å². The summed E-state index contributed by atoms with van der Waals surface area (Å²) in [5, 5.41) is 1.98. The van der Waals surface area contributed by atoms with Gasteiger partial charge in [-0.05, 0) is 42.7 Å². The molecule has 5 nitrogen and oxygen atoms in total. The van der Waals surface area contributed by atoms with E-state index in [1.807, 2.05) is 22.4 Å². The molecule has 24 heavy (non-hydrogen) atoms. The van der Waals surface area contributed by atoms with Crippen LogP contribution >= 0.6 is 11.3 Å². The number of amides is 1. The van der Waals surface area contributed by atoms with Crippen molar-refractivity contribution in [1.29, 1.82) is 0 Å². The molecule has 0 saturated carbocycles. The molecule has 0 radical (unpaired) electrons. The first kappa shape index (κ1) is 17.0. The molecule has 3 heterocycles. The summed E-state index contributed by atoms with van der Waals surface area (Å²) >= 11 is 1.57. The zero-order chi connectivity index (χ0) is 17.3. The Morgan fingerprint density at radius 2 is 2.00 bits per heavy atom. The molecule has 1 aliphatic heterocycles. The van der Waals surface area contributed by atoms with Crippen LogP contribution in [0, 0.1) is 11.8 Å². The van der Waals surface area contributed by atoms with Crippen molar-refractivity contribution < 1.29 is 14.3 Å². The summed E-state index contributed by atoms with van der Waals surface area (Å²) in [4.78, 5) is 27.0. The topological polar surface area (TPSA) is 51.5 Å². The van der Waals surface area contributed by atoms with Gasteiger partial charge < -0.3 is 14.2 Å². The minimum absolute atomic E-state index is 0.0719. The van der Waals surface area contributed by atoms with Crippen LogP contribution in [-0.2, 0) is 16.1 Å². The molecule has 6 heteroatoms. The van der Waals surface area contributed by atoms with Gasteiger partial charge in [0.05, 0.1) is 16.8 Å². The first-order chi connectivity index (χ1) is 11.5. The Kier molecular flexibility index (Phi) is 4.94. The lowest BCUT2D eigenvalue weighted by Gasteiger charge is -2.35. The van der Waals surface area contributed by atoms with Gasteiger partial charge in [-0.15, -0.1) is 11.3 Å². The Balaban J connectivity index is 1.85. The third kappa shape index (κ3) is 3.34. The van der Waals surface area contributed by atoms with Crippen molar-refractivity contribution in [3.63, 3.8) is 0 Å². The number of hydrogen-bond donors (Lipinski definition) is 0. The Hall–Kier alpha value is -1.82. The highest BCUT2D eigenvalue weighted by Crippen LogP contribution is 2.27. The molecule has 1 aliphatic rings. The van der Waals surface area contributed by atoms with Crippen LogP contribution < -0.4 is 0 Å². The maximum Gasteiger partial charge on any atom is 0.355 e. The van der Waals surface area contributed by atoms with Gasteiger partial charge in [-0.3, -0.25) is 4.79 Å². The van der Waals surface area contributed by atoms with Crippen molar-refractivity contribution in [2.24, 2.45) is 11.8 Å². The van der Waals surface area contributed by atoms with Crippen LogP contribution in [-0.4, -0.2) is 41.0 Å². The Labute approximate surface area is 146 Å². The van der Waals surface area contributed by atoms with Gasteiger partial charge in [-0.1, -0.05) is 13.8 Å². The van der Waals surface area contributed by atoms with E-state index in [0.29, 0.717) is 24.1 Å². The summed E-state index contributed by atoms with van der Waals surface area (Å²) in [6, 6.07) is 3.78. The number of hydrogen-bond acceptors (Lipinski definition) is 4. The third-order valence-electron chi connectivity index (χ3n) is 4.52. The van der Waals surface area contributed by atoms with E-state index in [1.165, 1.54) is 0 Å². The molecule has 1 fully saturated rings. The minimum atomic E-state index is -0.367. The Morgan fingerprint density at radius 1 is 1.29 bits per heavy atom. The highest BCUT2D eigenvalue weighted by atomic mass is 32.1. The van der Waals surface area contributed by atoms with E-state index in [-0.39, 0.29) is 18.4 Å². The lowest BCUT2D eigenvalue weighted by molar-refractivity contribution is -0.134. The summed E-state index contributed by atoms with van der Waals surface area (Å²) in [5.41, 5.74) is 1.39. The lowest BCUT2D eigenvalue weighted by Crippen LogP contribution is -2.44. The van der Waals surface area contributed by atoms with E-state index in [4.69, 9.17) is 4.74 Å². The first-order valence-corrected chi connectivity index (χ1v) is 9.39. The number of carbonyl (C=O) groups excluding carboxylic acids is 2. The minimum Gasteiger partial charge on any atom is -0.461 e. The fourth-order valence-corrected chi connectivity index (χ4v) is 4.45. The fraction of sp³-hybridized carbons (Fsp3) is 0.556. The van der Waals surface area contributed by atoms with Crippen LogP contribution in [0.3, 0.4) is 0 Å². The van der Waals surface area contributed by atoms with Crippen LogP contribution in [0.25, 0.3) is 10.2 Å². The molecule has 0 bridgehead atoms. The standard InChI is InChI=1S/C18H24N2O3S/c1-4-23-18(22)15-8-16-14(5-6-24-16)20(15)11-17(21)19-9-12(2)7-13(3)10-19/h5-6,8,12-13H,4,7,9-11H2,1-3H3/t12-,13-/m0/s1. The highest BCUT2D eigenvalue weighted by molar-refractivity contribution is 7.17. The van der Waals surface area contributed by atoms with E-state index in [2.05, 4.69) is 13.8 Å².